The van der Waals surface area contributed by atoms with Gasteiger partial charge in [0.2, 0.25) is 0 Å². The van der Waals surface area contributed by atoms with Gasteiger partial charge in [-0.25, -0.2) is 0 Å². The first-order valence-electron chi connectivity index (χ1n) is 6.70. The summed E-state index contributed by atoms with van der Waals surface area (Å²) in [4.78, 5) is 0. The number of aromatic nitrogens is 1. The van der Waals surface area contributed by atoms with E-state index in [0.717, 1.165) is 6.54 Å². The van der Waals surface area contributed by atoms with E-state index in [2.05, 4.69) is 22.8 Å². The highest BCUT2D eigenvalue weighted by Gasteiger charge is 2.27. The van der Waals surface area contributed by atoms with Crippen LogP contribution in [0.3, 0.4) is 0 Å². The lowest BCUT2D eigenvalue weighted by atomic mass is 9.86. The van der Waals surface area contributed by atoms with Gasteiger partial charge < -0.3 is 10.3 Å². The Morgan fingerprint density at radius 1 is 1.29 bits per heavy atom. The molecule has 0 fully saturated rings. The smallest absolute Gasteiger partial charge is 0.0518 e. The van der Waals surface area contributed by atoms with Crippen molar-refractivity contribution in [1.82, 2.24) is 4.57 Å². The van der Waals surface area contributed by atoms with Crippen LogP contribution in [0.2, 0.25) is 0 Å². The molecule has 0 bridgehead atoms. The van der Waals surface area contributed by atoms with E-state index in [1.54, 1.807) is 16.8 Å². The first-order valence-corrected chi connectivity index (χ1v) is 6.70. The summed E-state index contributed by atoms with van der Waals surface area (Å²) in [6.45, 7) is 2.03. The van der Waals surface area contributed by atoms with Gasteiger partial charge in [-0.15, -0.1) is 0 Å². The lowest BCUT2D eigenvalue weighted by molar-refractivity contribution is 0.458. The van der Waals surface area contributed by atoms with Gasteiger partial charge in [-0.3, -0.25) is 0 Å². The normalized spacial score (nSPS) is 22.1. The van der Waals surface area contributed by atoms with Gasteiger partial charge in [0, 0.05) is 17.6 Å². The monoisotopic (exact) mass is 226 g/mol. The second-order valence-electron chi connectivity index (χ2n) is 5.48. The molecule has 1 atom stereocenters. The minimum atomic E-state index is 0.699. The van der Waals surface area contributed by atoms with E-state index < -0.39 is 0 Å². The van der Waals surface area contributed by atoms with E-state index >= 15 is 0 Å². The first kappa shape index (κ1) is 9.72. The van der Waals surface area contributed by atoms with Crippen LogP contribution in [0.15, 0.2) is 18.2 Å². The summed E-state index contributed by atoms with van der Waals surface area (Å²) in [6.07, 6.45) is 4.92. The third kappa shape index (κ3) is 1.19. The number of rotatable bonds is 1. The zero-order valence-electron chi connectivity index (χ0n) is 10.1. The molecule has 2 aliphatic rings. The van der Waals surface area contributed by atoms with Crippen molar-refractivity contribution in [2.24, 2.45) is 11.7 Å². The summed E-state index contributed by atoms with van der Waals surface area (Å²) in [5, 5.41) is 1.51. The maximum atomic E-state index is 5.85. The standard InChI is InChI=1S/C15H18N2/c16-9-10-4-5-14-13(8-10)12-3-1-2-11-6-7-17(14)15(11)12/h1-3,10H,4-9,16H2. The zero-order chi connectivity index (χ0) is 11.4. The van der Waals surface area contributed by atoms with Crippen LogP contribution in [0.1, 0.15) is 23.2 Å². The van der Waals surface area contributed by atoms with E-state index in [1.165, 1.54) is 43.1 Å². The fourth-order valence-electron chi connectivity index (χ4n) is 3.73. The highest BCUT2D eigenvalue weighted by Crippen LogP contribution is 2.38. The van der Waals surface area contributed by atoms with Crippen LogP contribution >= 0.6 is 0 Å². The summed E-state index contributed by atoms with van der Waals surface area (Å²) in [6, 6.07) is 6.82. The largest absolute Gasteiger partial charge is 0.344 e. The second kappa shape index (κ2) is 3.36. The molecule has 0 amide bonds. The topological polar surface area (TPSA) is 30.9 Å². The Hall–Kier alpha value is -1.28. The van der Waals surface area contributed by atoms with Crippen molar-refractivity contribution >= 4 is 10.9 Å². The van der Waals surface area contributed by atoms with Crippen LogP contribution in [0.5, 0.6) is 0 Å². The maximum Gasteiger partial charge on any atom is 0.0518 e. The molecule has 4 rings (SSSR count). The number of aryl methyl sites for hydroxylation is 2. The SMILES string of the molecule is NCC1CCc2c(c3cccc4c3n2CC4)C1. The van der Waals surface area contributed by atoms with E-state index in [1.807, 2.05) is 0 Å². The van der Waals surface area contributed by atoms with Gasteiger partial charge in [0.05, 0.1) is 5.52 Å². The average molecular weight is 226 g/mol. The number of para-hydroxylation sites is 1. The van der Waals surface area contributed by atoms with Crippen LogP contribution < -0.4 is 5.73 Å². The molecule has 1 aliphatic carbocycles. The second-order valence-corrected chi connectivity index (χ2v) is 5.48. The third-order valence-corrected chi connectivity index (χ3v) is 4.61. The molecule has 0 radical (unpaired) electrons. The minimum Gasteiger partial charge on any atom is -0.344 e. The van der Waals surface area contributed by atoms with Gasteiger partial charge in [0.25, 0.3) is 0 Å². The Morgan fingerprint density at radius 2 is 2.24 bits per heavy atom. The van der Waals surface area contributed by atoms with Gasteiger partial charge in [0.15, 0.2) is 0 Å². The Labute approximate surface area is 101 Å². The van der Waals surface area contributed by atoms with Crippen molar-refractivity contribution < 1.29 is 0 Å². The van der Waals surface area contributed by atoms with Gasteiger partial charge in [-0.2, -0.15) is 0 Å². The summed E-state index contributed by atoms with van der Waals surface area (Å²) in [5.74, 6) is 0.699. The van der Waals surface area contributed by atoms with Gasteiger partial charge >= 0.3 is 0 Å². The Kier molecular flexibility index (Phi) is 1.92. The minimum absolute atomic E-state index is 0.699. The molecule has 1 unspecified atom stereocenters. The Bertz CT molecular complexity index is 594. The quantitative estimate of drug-likeness (QED) is 0.794. The van der Waals surface area contributed by atoms with E-state index in [9.17, 15) is 0 Å². The molecule has 17 heavy (non-hydrogen) atoms. The van der Waals surface area contributed by atoms with Crippen molar-refractivity contribution in [3.05, 3.63) is 35.0 Å². The van der Waals surface area contributed by atoms with Crippen LogP contribution in [-0.2, 0) is 25.8 Å². The fraction of sp³-hybridized carbons (Fsp3) is 0.467. The van der Waals surface area contributed by atoms with E-state index in [-0.39, 0.29) is 0 Å². The highest BCUT2D eigenvalue weighted by atomic mass is 15.0. The van der Waals surface area contributed by atoms with Crippen molar-refractivity contribution in [3.63, 3.8) is 0 Å². The van der Waals surface area contributed by atoms with Gasteiger partial charge in [0.1, 0.15) is 0 Å². The Balaban J connectivity index is 2.00. The number of fused-ring (bicyclic) bond motifs is 3. The van der Waals surface area contributed by atoms with Crippen molar-refractivity contribution in [2.45, 2.75) is 32.2 Å². The van der Waals surface area contributed by atoms with Crippen molar-refractivity contribution in [3.8, 4) is 0 Å². The molecule has 1 aromatic carbocycles. The van der Waals surface area contributed by atoms with E-state index in [0.29, 0.717) is 5.92 Å². The highest BCUT2D eigenvalue weighted by molar-refractivity contribution is 5.89. The number of benzene rings is 1. The number of hydrogen-bond donors (Lipinski definition) is 1. The fourth-order valence-corrected chi connectivity index (χ4v) is 3.73. The zero-order valence-corrected chi connectivity index (χ0v) is 10.1. The van der Waals surface area contributed by atoms with Gasteiger partial charge in [-0.05, 0) is 49.3 Å². The molecule has 88 valence electrons. The molecule has 0 saturated heterocycles. The molecule has 2 N–H and O–H groups in total. The first-order chi connectivity index (χ1) is 8.38. The third-order valence-electron chi connectivity index (χ3n) is 4.61. The predicted octanol–water partition coefficient (Wildman–Crippen LogP) is 2.26. The molecular formula is C15H18N2. The molecule has 0 saturated carbocycles. The van der Waals surface area contributed by atoms with Crippen molar-refractivity contribution in [2.75, 3.05) is 6.54 Å². The van der Waals surface area contributed by atoms with Crippen LogP contribution in [0.4, 0.5) is 0 Å². The molecule has 1 aliphatic heterocycles. The van der Waals surface area contributed by atoms with Crippen LogP contribution in [0.25, 0.3) is 10.9 Å². The molecule has 0 spiro atoms. The number of nitrogens with zero attached hydrogens (tertiary/aromatic N) is 1. The molecule has 2 nitrogen and oxygen atoms in total. The van der Waals surface area contributed by atoms with Crippen molar-refractivity contribution in [1.29, 1.82) is 0 Å². The molecule has 2 aromatic rings. The van der Waals surface area contributed by atoms with Crippen LogP contribution in [0, 0.1) is 5.92 Å². The van der Waals surface area contributed by atoms with Crippen LogP contribution in [-0.4, -0.2) is 11.1 Å². The molecular weight excluding hydrogens is 208 g/mol. The average Bonchev–Trinajstić information content (AvgIpc) is 2.94. The number of nitrogens with two attached hydrogens (primary N) is 1. The molecule has 2 heteroatoms. The molecule has 2 heterocycles. The Morgan fingerprint density at radius 3 is 3.12 bits per heavy atom. The van der Waals surface area contributed by atoms with E-state index in [4.69, 9.17) is 5.73 Å². The lowest BCUT2D eigenvalue weighted by Crippen LogP contribution is -2.22. The van der Waals surface area contributed by atoms with Gasteiger partial charge in [-0.1, -0.05) is 18.2 Å². The molecule has 1 aromatic heterocycles. The summed E-state index contributed by atoms with van der Waals surface area (Å²) >= 11 is 0. The maximum absolute atomic E-state index is 5.85. The summed E-state index contributed by atoms with van der Waals surface area (Å²) < 4.78 is 2.58. The predicted molar refractivity (Wildman–Crippen MR) is 70.2 cm³/mol. The number of hydrogen-bond acceptors (Lipinski definition) is 1. The summed E-state index contributed by atoms with van der Waals surface area (Å²) in [7, 11) is 0. The lowest BCUT2D eigenvalue weighted by Gasteiger charge is -2.22. The summed E-state index contributed by atoms with van der Waals surface area (Å²) in [5.41, 5.74) is 12.1.